The lowest BCUT2D eigenvalue weighted by Crippen LogP contribution is -2.12. The molecule has 0 nitrogen and oxygen atoms in total. The first-order valence-corrected chi connectivity index (χ1v) is 6.95. The van der Waals surface area contributed by atoms with E-state index < -0.39 is 0 Å². The zero-order valence-electron chi connectivity index (χ0n) is 11.1. The molecular formula is C16H26. The molecule has 0 heterocycles. The van der Waals surface area contributed by atoms with Crippen LogP contribution in [0.3, 0.4) is 0 Å². The van der Waals surface area contributed by atoms with Gasteiger partial charge >= 0.3 is 0 Å². The maximum absolute atomic E-state index is 2.44. The van der Waals surface area contributed by atoms with E-state index in [9.17, 15) is 0 Å². The van der Waals surface area contributed by atoms with Crippen LogP contribution in [0.15, 0.2) is 23.8 Å². The highest BCUT2D eigenvalue weighted by Crippen LogP contribution is 2.38. The van der Waals surface area contributed by atoms with Gasteiger partial charge < -0.3 is 0 Å². The maximum atomic E-state index is 2.44. The Morgan fingerprint density at radius 1 is 1.25 bits per heavy atom. The van der Waals surface area contributed by atoms with Crippen molar-refractivity contribution in [3.05, 3.63) is 23.8 Å². The van der Waals surface area contributed by atoms with Crippen LogP contribution >= 0.6 is 0 Å². The van der Waals surface area contributed by atoms with Gasteiger partial charge in [0.1, 0.15) is 0 Å². The Labute approximate surface area is 101 Å². The summed E-state index contributed by atoms with van der Waals surface area (Å²) in [6.45, 7) is 7.17. The third-order valence-corrected chi connectivity index (χ3v) is 4.37. The fourth-order valence-electron chi connectivity index (χ4n) is 3.17. The third kappa shape index (κ3) is 2.99. The van der Waals surface area contributed by atoms with Gasteiger partial charge in [0.15, 0.2) is 0 Å². The molecule has 2 aliphatic carbocycles. The van der Waals surface area contributed by atoms with E-state index in [1.54, 1.807) is 5.57 Å². The zero-order chi connectivity index (χ0) is 11.6. The summed E-state index contributed by atoms with van der Waals surface area (Å²) < 4.78 is 0. The summed E-state index contributed by atoms with van der Waals surface area (Å²) in [6, 6.07) is 0. The van der Waals surface area contributed by atoms with Crippen molar-refractivity contribution in [3.8, 4) is 0 Å². The number of hydrogen-bond acceptors (Lipinski definition) is 0. The minimum absolute atomic E-state index is 0.386. The van der Waals surface area contributed by atoms with Gasteiger partial charge in [0, 0.05) is 0 Å². The van der Waals surface area contributed by atoms with Crippen LogP contribution < -0.4 is 0 Å². The highest BCUT2D eigenvalue weighted by molar-refractivity contribution is 5.20. The summed E-state index contributed by atoms with van der Waals surface area (Å²) in [5.74, 6) is 1.80. The van der Waals surface area contributed by atoms with E-state index in [0.717, 1.165) is 11.8 Å². The van der Waals surface area contributed by atoms with Crippen molar-refractivity contribution in [2.75, 3.05) is 0 Å². The van der Waals surface area contributed by atoms with E-state index in [2.05, 4.69) is 39.0 Å². The Balaban J connectivity index is 2.17. The first-order valence-electron chi connectivity index (χ1n) is 6.95. The van der Waals surface area contributed by atoms with Gasteiger partial charge in [-0.25, -0.2) is 0 Å². The Kier molecular flexibility index (Phi) is 3.56. The predicted octanol–water partition coefficient (Wildman–Crippen LogP) is 5.12. The van der Waals surface area contributed by atoms with Gasteiger partial charge in [0.05, 0.1) is 0 Å². The van der Waals surface area contributed by atoms with Crippen LogP contribution in [0.25, 0.3) is 0 Å². The monoisotopic (exact) mass is 218 g/mol. The number of fused-ring (bicyclic) bond motifs is 1. The second kappa shape index (κ2) is 4.77. The summed E-state index contributed by atoms with van der Waals surface area (Å²) in [5.41, 5.74) is 2.11. The molecule has 0 N–H and O–H groups in total. The Hall–Kier alpha value is -0.520. The molecule has 0 heteroatoms. The maximum Gasteiger partial charge on any atom is -0.0172 e. The SMILES string of the molecule is C[C@@H]1CCC(C)(C)/C=C/C=C2/CCCC2C1. The van der Waals surface area contributed by atoms with Gasteiger partial charge in [0.2, 0.25) is 0 Å². The van der Waals surface area contributed by atoms with Crippen molar-refractivity contribution in [3.63, 3.8) is 0 Å². The third-order valence-electron chi connectivity index (χ3n) is 4.37. The molecule has 0 aliphatic heterocycles. The van der Waals surface area contributed by atoms with Gasteiger partial charge in [-0.05, 0) is 55.8 Å². The van der Waals surface area contributed by atoms with Crippen LogP contribution in [0.4, 0.5) is 0 Å². The van der Waals surface area contributed by atoms with Crippen LogP contribution in [-0.4, -0.2) is 0 Å². The van der Waals surface area contributed by atoms with E-state index in [-0.39, 0.29) is 0 Å². The molecule has 0 amide bonds. The molecule has 0 aromatic heterocycles. The summed E-state index contributed by atoms with van der Waals surface area (Å²) in [6.07, 6.45) is 15.5. The van der Waals surface area contributed by atoms with Crippen molar-refractivity contribution in [2.24, 2.45) is 17.3 Å². The molecule has 1 fully saturated rings. The molecule has 0 aromatic carbocycles. The molecule has 0 spiro atoms. The summed E-state index contributed by atoms with van der Waals surface area (Å²) in [4.78, 5) is 0. The van der Waals surface area contributed by atoms with Crippen LogP contribution in [0.2, 0.25) is 0 Å². The van der Waals surface area contributed by atoms with Gasteiger partial charge in [0.25, 0.3) is 0 Å². The average Bonchev–Trinajstić information content (AvgIpc) is 2.62. The second-order valence-corrected chi connectivity index (χ2v) is 6.56. The zero-order valence-corrected chi connectivity index (χ0v) is 11.1. The fourth-order valence-corrected chi connectivity index (χ4v) is 3.17. The van der Waals surface area contributed by atoms with E-state index >= 15 is 0 Å². The summed E-state index contributed by atoms with van der Waals surface area (Å²) in [5, 5.41) is 0. The normalized spacial score (nSPS) is 39.6. The van der Waals surface area contributed by atoms with Crippen LogP contribution in [0.1, 0.15) is 59.3 Å². The molecule has 0 bridgehead atoms. The van der Waals surface area contributed by atoms with E-state index in [1.165, 1.54) is 38.5 Å². The van der Waals surface area contributed by atoms with Crippen LogP contribution in [0.5, 0.6) is 0 Å². The highest BCUT2D eigenvalue weighted by atomic mass is 14.3. The van der Waals surface area contributed by atoms with Crippen molar-refractivity contribution in [1.82, 2.24) is 0 Å². The summed E-state index contributed by atoms with van der Waals surface area (Å²) >= 11 is 0. The first-order chi connectivity index (χ1) is 7.57. The van der Waals surface area contributed by atoms with Gasteiger partial charge in [-0.2, -0.15) is 0 Å². The molecule has 16 heavy (non-hydrogen) atoms. The van der Waals surface area contributed by atoms with Crippen molar-refractivity contribution >= 4 is 0 Å². The van der Waals surface area contributed by atoms with E-state index in [0.29, 0.717) is 5.41 Å². The fraction of sp³-hybridized carbons (Fsp3) is 0.750. The minimum atomic E-state index is 0.386. The lowest BCUT2D eigenvalue weighted by molar-refractivity contribution is 0.336. The molecule has 0 saturated heterocycles. The van der Waals surface area contributed by atoms with Crippen molar-refractivity contribution < 1.29 is 0 Å². The lowest BCUT2D eigenvalue weighted by atomic mass is 9.80. The minimum Gasteiger partial charge on any atom is -0.0789 e. The smallest absolute Gasteiger partial charge is 0.0172 e. The van der Waals surface area contributed by atoms with Gasteiger partial charge in [-0.3, -0.25) is 0 Å². The number of rotatable bonds is 0. The highest BCUT2D eigenvalue weighted by Gasteiger charge is 2.24. The predicted molar refractivity (Wildman–Crippen MR) is 71.4 cm³/mol. The molecule has 2 atom stereocenters. The van der Waals surface area contributed by atoms with Crippen LogP contribution in [-0.2, 0) is 0 Å². The molecule has 0 aromatic rings. The quantitative estimate of drug-likeness (QED) is 0.529. The molecule has 90 valence electrons. The average molecular weight is 218 g/mol. The van der Waals surface area contributed by atoms with Crippen LogP contribution in [0, 0.1) is 17.3 Å². The Morgan fingerprint density at radius 3 is 2.88 bits per heavy atom. The topological polar surface area (TPSA) is 0 Å². The van der Waals surface area contributed by atoms with Gasteiger partial charge in [-0.15, -0.1) is 0 Å². The Morgan fingerprint density at radius 2 is 2.06 bits per heavy atom. The molecule has 1 saturated carbocycles. The first kappa shape index (κ1) is 12.0. The molecule has 1 unspecified atom stereocenters. The van der Waals surface area contributed by atoms with Gasteiger partial charge in [-0.1, -0.05) is 44.6 Å². The largest absolute Gasteiger partial charge is 0.0789 e. The number of allylic oxidation sites excluding steroid dienone is 4. The van der Waals surface area contributed by atoms with E-state index in [1.807, 2.05) is 0 Å². The Bertz CT molecular complexity index is 293. The molecular weight excluding hydrogens is 192 g/mol. The lowest BCUT2D eigenvalue weighted by Gasteiger charge is -2.25. The van der Waals surface area contributed by atoms with E-state index in [4.69, 9.17) is 0 Å². The second-order valence-electron chi connectivity index (χ2n) is 6.56. The standard InChI is InChI=1S/C16H26/c1-13-9-11-16(2,3)10-5-8-14-6-4-7-15(14)12-13/h5,8,10,13,15H,4,6-7,9,11-12H2,1-3H3/b10-5+,14-8-/t13-,15?/m1/s1. The van der Waals surface area contributed by atoms with Crippen molar-refractivity contribution in [1.29, 1.82) is 0 Å². The summed E-state index contributed by atoms with van der Waals surface area (Å²) in [7, 11) is 0. The molecule has 0 radical (unpaired) electrons. The van der Waals surface area contributed by atoms with Crippen molar-refractivity contribution in [2.45, 2.75) is 59.3 Å². The molecule has 2 rings (SSSR count). The number of hydrogen-bond donors (Lipinski definition) is 0. The molecule has 2 aliphatic rings.